The van der Waals surface area contributed by atoms with Crippen molar-refractivity contribution in [2.75, 3.05) is 0 Å². The van der Waals surface area contributed by atoms with Crippen molar-refractivity contribution in [3.05, 3.63) is 11.6 Å². The highest BCUT2D eigenvalue weighted by Gasteiger charge is 2.40. The highest BCUT2D eigenvalue weighted by atomic mass is 16.7. The van der Waals surface area contributed by atoms with Gasteiger partial charge in [-0.2, -0.15) is 0 Å². The smallest absolute Gasteiger partial charge is 0.330 e. The van der Waals surface area contributed by atoms with Crippen molar-refractivity contribution in [3.8, 4) is 0 Å². The third-order valence-electron chi connectivity index (χ3n) is 4.96. The summed E-state index contributed by atoms with van der Waals surface area (Å²) in [6, 6.07) is 0. The van der Waals surface area contributed by atoms with E-state index in [2.05, 4.69) is 0 Å². The highest BCUT2D eigenvalue weighted by molar-refractivity contribution is 5.84. The number of fused-ring (bicyclic) bond motifs is 1. The maximum atomic E-state index is 11.5. The van der Waals surface area contributed by atoms with Crippen LogP contribution in [0.3, 0.4) is 0 Å². The molecule has 0 bridgehead atoms. The standard InChI is InChI=1S/C16H24O6/c1-8-5-14(18)22-13-6-10(3-4-11(8)13)21-15-7-12(17)16(19)9(2)20-15/h5,9-13,15-17,19H,3-4,6-7H2,1-2H3/t9-,10?,11?,12-,13?,15-,16+/m0/s1. The molecule has 22 heavy (non-hydrogen) atoms. The second kappa shape index (κ2) is 6.28. The van der Waals surface area contributed by atoms with Crippen LogP contribution < -0.4 is 0 Å². The van der Waals surface area contributed by atoms with Gasteiger partial charge in [-0.1, -0.05) is 5.57 Å². The fraction of sp³-hybridized carbons (Fsp3) is 0.812. The van der Waals surface area contributed by atoms with Gasteiger partial charge in [0, 0.05) is 24.8 Å². The topological polar surface area (TPSA) is 85.2 Å². The zero-order chi connectivity index (χ0) is 15.9. The molecule has 3 unspecified atom stereocenters. The number of aliphatic hydroxyl groups excluding tert-OH is 2. The van der Waals surface area contributed by atoms with Crippen molar-refractivity contribution < 1.29 is 29.2 Å². The molecule has 3 aliphatic rings. The molecule has 124 valence electrons. The Morgan fingerprint density at radius 3 is 2.77 bits per heavy atom. The van der Waals surface area contributed by atoms with Gasteiger partial charge < -0.3 is 24.4 Å². The van der Waals surface area contributed by atoms with Crippen molar-refractivity contribution in [2.45, 2.75) is 76.3 Å². The molecule has 6 nitrogen and oxygen atoms in total. The van der Waals surface area contributed by atoms with Gasteiger partial charge >= 0.3 is 5.97 Å². The maximum Gasteiger partial charge on any atom is 0.330 e. The Bertz CT molecular complexity index is 450. The lowest BCUT2D eigenvalue weighted by molar-refractivity contribution is -0.265. The summed E-state index contributed by atoms with van der Waals surface area (Å²) in [6.45, 7) is 3.69. The largest absolute Gasteiger partial charge is 0.458 e. The van der Waals surface area contributed by atoms with E-state index in [9.17, 15) is 15.0 Å². The molecule has 0 aromatic rings. The first-order valence-electron chi connectivity index (χ1n) is 8.00. The number of aliphatic hydroxyl groups is 2. The maximum absolute atomic E-state index is 11.5. The minimum absolute atomic E-state index is 0.0559. The van der Waals surface area contributed by atoms with Gasteiger partial charge in [-0.3, -0.25) is 0 Å². The van der Waals surface area contributed by atoms with Crippen molar-refractivity contribution in [3.63, 3.8) is 0 Å². The van der Waals surface area contributed by atoms with Crippen LogP contribution in [-0.2, 0) is 19.0 Å². The Hall–Kier alpha value is -0.950. The van der Waals surface area contributed by atoms with Crippen molar-refractivity contribution >= 4 is 5.97 Å². The van der Waals surface area contributed by atoms with E-state index in [4.69, 9.17) is 14.2 Å². The lowest BCUT2D eigenvalue weighted by Crippen LogP contribution is -2.49. The summed E-state index contributed by atoms with van der Waals surface area (Å²) in [7, 11) is 0. The zero-order valence-corrected chi connectivity index (χ0v) is 13.0. The van der Waals surface area contributed by atoms with Crippen molar-refractivity contribution in [1.82, 2.24) is 0 Å². The molecule has 1 saturated carbocycles. The van der Waals surface area contributed by atoms with Crippen molar-refractivity contribution in [2.24, 2.45) is 5.92 Å². The molecular formula is C16H24O6. The lowest BCUT2D eigenvalue weighted by Gasteiger charge is -2.41. The van der Waals surface area contributed by atoms with E-state index in [1.165, 1.54) is 0 Å². The van der Waals surface area contributed by atoms with Crippen LogP contribution >= 0.6 is 0 Å². The SMILES string of the molecule is CC1=CC(=O)OC2CC(O[C@H]3C[C@H](O)[C@H](O)[C@H](C)O3)CCC12. The van der Waals surface area contributed by atoms with Gasteiger partial charge in [0.2, 0.25) is 0 Å². The average Bonchev–Trinajstić information content (AvgIpc) is 2.44. The lowest BCUT2D eigenvalue weighted by atomic mass is 9.79. The number of esters is 1. The van der Waals surface area contributed by atoms with Crippen LogP contribution in [-0.4, -0.2) is 53.0 Å². The Balaban J connectivity index is 1.57. The Morgan fingerprint density at radius 1 is 1.27 bits per heavy atom. The first-order chi connectivity index (χ1) is 10.4. The number of carbonyl (C=O) groups is 1. The highest BCUT2D eigenvalue weighted by Crippen LogP contribution is 2.37. The second-order valence-electron chi connectivity index (χ2n) is 6.61. The fourth-order valence-corrected chi connectivity index (χ4v) is 3.67. The van der Waals surface area contributed by atoms with Crippen LogP contribution in [0.25, 0.3) is 0 Å². The summed E-state index contributed by atoms with van der Waals surface area (Å²) in [5.41, 5.74) is 1.08. The fourth-order valence-electron chi connectivity index (χ4n) is 3.67. The van der Waals surface area contributed by atoms with Crippen LogP contribution in [0.1, 0.15) is 39.5 Å². The van der Waals surface area contributed by atoms with Crippen LogP contribution in [0.15, 0.2) is 11.6 Å². The Labute approximate surface area is 130 Å². The Morgan fingerprint density at radius 2 is 2.05 bits per heavy atom. The van der Waals surface area contributed by atoms with Crippen LogP contribution in [0.5, 0.6) is 0 Å². The number of carbonyl (C=O) groups excluding carboxylic acids is 1. The third-order valence-corrected chi connectivity index (χ3v) is 4.96. The molecule has 0 aromatic carbocycles. The average molecular weight is 312 g/mol. The van der Waals surface area contributed by atoms with Gasteiger partial charge in [-0.05, 0) is 26.7 Å². The van der Waals surface area contributed by atoms with E-state index >= 15 is 0 Å². The van der Waals surface area contributed by atoms with E-state index in [0.29, 0.717) is 6.42 Å². The van der Waals surface area contributed by atoms with Gasteiger partial charge in [0.15, 0.2) is 6.29 Å². The first-order valence-corrected chi connectivity index (χ1v) is 8.00. The number of hydrogen-bond acceptors (Lipinski definition) is 6. The minimum Gasteiger partial charge on any atom is -0.458 e. The second-order valence-corrected chi connectivity index (χ2v) is 6.61. The predicted molar refractivity (Wildman–Crippen MR) is 76.8 cm³/mol. The quantitative estimate of drug-likeness (QED) is 0.737. The third kappa shape index (κ3) is 3.20. The predicted octanol–water partition coefficient (Wildman–Crippen LogP) is 0.900. The summed E-state index contributed by atoms with van der Waals surface area (Å²) >= 11 is 0. The van der Waals surface area contributed by atoms with E-state index in [-0.39, 0.29) is 30.5 Å². The molecule has 1 aliphatic carbocycles. The van der Waals surface area contributed by atoms with Gasteiger partial charge in [0.25, 0.3) is 0 Å². The summed E-state index contributed by atoms with van der Waals surface area (Å²) < 4.78 is 16.9. The summed E-state index contributed by atoms with van der Waals surface area (Å²) in [6.07, 6.45) is 1.40. The van der Waals surface area contributed by atoms with Crippen LogP contribution in [0.4, 0.5) is 0 Å². The molecular weight excluding hydrogens is 288 g/mol. The minimum atomic E-state index is -0.873. The summed E-state index contributed by atoms with van der Waals surface area (Å²) in [5, 5.41) is 19.5. The molecule has 3 rings (SSSR count). The number of rotatable bonds is 2. The van der Waals surface area contributed by atoms with Crippen LogP contribution in [0, 0.1) is 5.92 Å². The molecule has 2 N–H and O–H groups in total. The molecule has 2 heterocycles. The molecule has 1 saturated heterocycles. The monoisotopic (exact) mass is 312 g/mol. The first kappa shape index (κ1) is 15.9. The number of ether oxygens (including phenoxy) is 3. The summed E-state index contributed by atoms with van der Waals surface area (Å²) in [4.78, 5) is 11.5. The van der Waals surface area contributed by atoms with E-state index in [0.717, 1.165) is 18.4 Å². The van der Waals surface area contributed by atoms with E-state index < -0.39 is 24.6 Å². The number of hydrogen-bond donors (Lipinski definition) is 2. The van der Waals surface area contributed by atoms with Gasteiger partial charge in [-0.15, -0.1) is 0 Å². The van der Waals surface area contributed by atoms with Gasteiger partial charge in [0.1, 0.15) is 12.2 Å². The van der Waals surface area contributed by atoms with Gasteiger partial charge in [0.05, 0.1) is 18.3 Å². The molecule has 2 fully saturated rings. The van der Waals surface area contributed by atoms with Crippen molar-refractivity contribution in [1.29, 1.82) is 0 Å². The normalized spacial score (nSPS) is 45.7. The molecule has 0 radical (unpaired) electrons. The Kier molecular flexibility index (Phi) is 4.54. The van der Waals surface area contributed by atoms with E-state index in [1.807, 2.05) is 6.92 Å². The molecule has 6 heteroatoms. The van der Waals surface area contributed by atoms with E-state index in [1.54, 1.807) is 13.0 Å². The van der Waals surface area contributed by atoms with Gasteiger partial charge in [-0.25, -0.2) is 4.79 Å². The molecule has 0 aromatic heterocycles. The summed E-state index contributed by atoms with van der Waals surface area (Å²) in [5.74, 6) is 0.0108. The molecule has 0 amide bonds. The van der Waals surface area contributed by atoms with Crippen LogP contribution in [0.2, 0.25) is 0 Å². The zero-order valence-electron chi connectivity index (χ0n) is 13.0. The molecule has 7 atom stereocenters. The molecule has 2 aliphatic heterocycles. The molecule has 0 spiro atoms.